The van der Waals surface area contributed by atoms with Gasteiger partial charge >= 0.3 is 0 Å². The average Bonchev–Trinajstić information content (AvgIpc) is 2.64. The zero-order valence-electron chi connectivity index (χ0n) is 15.5. The summed E-state index contributed by atoms with van der Waals surface area (Å²) in [6, 6.07) is 18.1. The number of nitrogens with zero attached hydrogens (tertiary/aromatic N) is 3. The van der Waals surface area contributed by atoms with Crippen LogP contribution in [0.25, 0.3) is 0 Å². The molecule has 6 nitrogen and oxygen atoms in total. The number of anilines is 3. The van der Waals surface area contributed by atoms with Gasteiger partial charge in [0.05, 0.1) is 4.90 Å². The fourth-order valence-electron chi connectivity index (χ4n) is 2.71. The van der Waals surface area contributed by atoms with Gasteiger partial charge in [0, 0.05) is 12.2 Å². The first-order chi connectivity index (χ1) is 12.9. The minimum absolute atomic E-state index is 0.180. The summed E-state index contributed by atoms with van der Waals surface area (Å²) in [5.74, 6) is 0.834. The molecule has 1 heterocycles. The van der Waals surface area contributed by atoms with Gasteiger partial charge in [0.1, 0.15) is 0 Å². The van der Waals surface area contributed by atoms with Gasteiger partial charge in [-0.2, -0.15) is 0 Å². The maximum atomic E-state index is 12.5. The third kappa shape index (κ3) is 4.43. The molecule has 2 aromatic carbocycles. The molecule has 3 rings (SSSR count). The highest BCUT2D eigenvalue weighted by Gasteiger charge is 2.16. The zero-order chi connectivity index (χ0) is 19.4. The van der Waals surface area contributed by atoms with Gasteiger partial charge < -0.3 is 4.90 Å². The van der Waals surface area contributed by atoms with Crippen molar-refractivity contribution in [3.8, 4) is 0 Å². The van der Waals surface area contributed by atoms with E-state index >= 15 is 0 Å². The van der Waals surface area contributed by atoms with Crippen molar-refractivity contribution in [2.45, 2.75) is 25.7 Å². The smallest absolute Gasteiger partial charge is 0.263 e. The van der Waals surface area contributed by atoms with Crippen LogP contribution in [0.15, 0.2) is 65.6 Å². The molecule has 0 spiro atoms. The molecule has 7 heteroatoms. The van der Waals surface area contributed by atoms with Crippen molar-refractivity contribution < 1.29 is 8.42 Å². The Labute approximate surface area is 159 Å². The summed E-state index contributed by atoms with van der Waals surface area (Å²) in [6.07, 6.45) is 0. The lowest BCUT2D eigenvalue weighted by Crippen LogP contribution is -2.19. The molecule has 0 saturated carbocycles. The predicted molar refractivity (Wildman–Crippen MR) is 108 cm³/mol. The summed E-state index contributed by atoms with van der Waals surface area (Å²) in [5.41, 5.74) is 3.16. The van der Waals surface area contributed by atoms with Gasteiger partial charge in [-0.1, -0.05) is 29.8 Å². The van der Waals surface area contributed by atoms with E-state index in [0.29, 0.717) is 12.4 Å². The molecule has 0 aliphatic rings. The molecule has 0 amide bonds. The number of rotatable bonds is 6. The molecule has 140 valence electrons. The summed E-state index contributed by atoms with van der Waals surface area (Å²) in [5, 5.41) is 8.24. The quantitative estimate of drug-likeness (QED) is 0.696. The van der Waals surface area contributed by atoms with E-state index in [0.717, 1.165) is 16.8 Å². The van der Waals surface area contributed by atoms with Crippen molar-refractivity contribution in [1.29, 1.82) is 0 Å². The highest BCUT2D eigenvalue weighted by Crippen LogP contribution is 2.24. The number of sulfonamides is 1. The number of nitrogens with one attached hydrogen (secondary N) is 1. The van der Waals surface area contributed by atoms with E-state index in [9.17, 15) is 8.42 Å². The molecule has 0 fully saturated rings. The van der Waals surface area contributed by atoms with Crippen LogP contribution in [0.4, 0.5) is 17.3 Å². The molecule has 0 atom stereocenters. The normalized spacial score (nSPS) is 11.2. The van der Waals surface area contributed by atoms with Crippen molar-refractivity contribution in [1.82, 2.24) is 10.2 Å². The van der Waals surface area contributed by atoms with Gasteiger partial charge in [0.2, 0.25) is 0 Å². The van der Waals surface area contributed by atoms with Crippen molar-refractivity contribution in [3.63, 3.8) is 0 Å². The van der Waals surface area contributed by atoms with E-state index in [1.54, 1.807) is 36.4 Å². The van der Waals surface area contributed by atoms with E-state index in [-0.39, 0.29) is 10.7 Å². The maximum absolute atomic E-state index is 12.5. The average molecular weight is 382 g/mol. The molecule has 27 heavy (non-hydrogen) atoms. The monoisotopic (exact) mass is 382 g/mol. The van der Waals surface area contributed by atoms with Gasteiger partial charge in [-0.15, -0.1) is 10.2 Å². The molecular weight excluding hydrogens is 360 g/mol. The highest BCUT2D eigenvalue weighted by molar-refractivity contribution is 7.92. The first-order valence-corrected chi connectivity index (χ1v) is 10.1. The standard InChI is InChI=1S/C20H22N4O2S/c1-4-24(17-7-5-6-16(3)14-17)20-13-12-19(21-22-20)23-27(25,26)18-10-8-15(2)9-11-18/h5-14H,4H2,1-3H3,(H,21,23). The van der Waals surface area contributed by atoms with Crippen molar-refractivity contribution >= 4 is 27.3 Å². The molecule has 0 radical (unpaired) electrons. The first-order valence-electron chi connectivity index (χ1n) is 8.66. The lowest BCUT2D eigenvalue weighted by atomic mass is 10.2. The number of aryl methyl sites for hydroxylation is 2. The van der Waals surface area contributed by atoms with E-state index in [1.165, 1.54) is 0 Å². The first kappa shape index (κ1) is 18.8. The van der Waals surface area contributed by atoms with Crippen LogP contribution in [-0.2, 0) is 10.0 Å². The molecule has 0 bridgehead atoms. The van der Waals surface area contributed by atoms with Crippen LogP contribution in [0.5, 0.6) is 0 Å². The van der Waals surface area contributed by atoms with Gasteiger partial charge in [-0.25, -0.2) is 8.42 Å². The maximum Gasteiger partial charge on any atom is 0.263 e. The van der Waals surface area contributed by atoms with Gasteiger partial charge in [-0.05, 0) is 62.7 Å². The Morgan fingerprint density at radius 2 is 1.67 bits per heavy atom. The fourth-order valence-corrected chi connectivity index (χ4v) is 3.71. The highest BCUT2D eigenvalue weighted by atomic mass is 32.2. The largest absolute Gasteiger partial charge is 0.325 e. The Hall–Kier alpha value is -2.93. The van der Waals surface area contributed by atoms with Crippen molar-refractivity contribution in [2.75, 3.05) is 16.2 Å². The van der Waals surface area contributed by atoms with Gasteiger partial charge in [-0.3, -0.25) is 4.72 Å². The Morgan fingerprint density at radius 3 is 2.26 bits per heavy atom. The van der Waals surface area contributed by atoms with Crippen LogP contribution in [0, 0.1) is 13.8 Å². The summed E-state index contributed by atoms with van der Waals surface area (Å²) in [6.45, 7) is 6.68. The molecule has 0 unspecified atom stereocenters. The second-order valence-electron chi connectivity index (χ2n) is 6.28. The summed E-state index contributed by atoms with van der Waals surface area (Å²) >= 11 is 0. The van der Waals surface area contributed by atoms with Gasteiger partial charge in [0.25, 0.3) is 10.0 Å². The molecule has 0 aliphatic heterocycles. The van der Waals surface area contributed by atoms with E-state index in [4.69, 9.17) is 0 Å². The van der Waals surface area contributed by atoms with Gasteiger partial charge in [0.15, 0.2) is 11.6 Å². The fraction of sp³-hybridized carbons (Fsp3) is 0.200. The second kappa shape index (κ2) is 7.75. The van der Waals surface area contributed by atoms with E-state index in [1.807, 2.05) is 43.9 Å². The third-order valence-corrected chi connectivity index (χ3v) is 5.50. The summed E-state index contributed by atoms with van der Waals surface area (Å²) in [7, 11) is -3.69. The predicted octanol–water partition coefficient (Wildman–Crippen LogP) is 4.05. The SMILES string of the molecule is CCN(c1cccc(C)c1)c1ccc(NS(=O)(=O)c2ccc(C)cc2)nn1. The van der Waals surface area contributed by atoms with E-state index < -0.39 is 10.0 Å². The van der Waals surface area contributed by atoms with E-state index in [2.05, 4.69) is 21.0 Å². The Balaban J connectivity index is 1.81. The second-order valence-corrected chi connectivity index (χ2v) is 7.96. The van der Waals surface area contributed by atoms with Crippen LogP contribution in [0.3, 0.4) is 0 Å². The summed E-state index contributed by atoms with van der Waals surface area (Å²) < 4.78 is 27.4. The molecule has 0 aliphatic carbocycles. The molecular formula is C20H22N4O2S. The van der Waals surface area contributed by atoms with Crippen LogP contribution in [0.1, 0.15) is 18.1 Å². The lowest BCUT2D eigenvalue weighted by molar-refractivity contribution is 0.601. The number of hydrogen-bond donors (Lipinski definition) is 1. The van der Waals surface area contributed by atoms with Crippen LogP contribution >= 0.6 is 0 Å². The Kier molecular flexibility index (Phi) is 5.41. The van der Waals surface area contributed by atoms with Crippen LogP contribution in [0.2, 0.25) is 0 Å². The third-order valence-electron chi connectivity index (χ3n) is 4.13. The lowest BCUT2D eigenvalue weighted by Gasteiger charge is -2.22. The topological polar surface area (TPSA) is 75.2 Å². The molecule has 1 N–H and O–H groups in total. The van der Waals surface area contributed by atoms with Crippen molar-refractivity contribution in [2.24, 2.45) is 0 Å². The molecule has 3 aromatic rings. The molecule has 1 aromatic heterocycles. The van der Waals surface area contributed by atoms with Crippen LogP contribution < -0.4 is 9.62 Å². The number of hydrogen-bond acceptors (Lipinski definition) is 5. The van der Waals surface area contributed by atoms with Crippen molar-refractivity contribution in [3.05, 3.63) is 71.8 Å². The minimum atomic E-state index is -3.69. The Bertz CT molecular complexity index is 1020. The van der Waals surface area contributed by atoms with Crippen LogP contribution in [-0.4, -0.2) is 25.2 Å². The summed E-state index contributed by atoms with van der Waals surface area (Å²) in [4.78, 5) is 2.20. The number of benzene rings is 2. The Morgan fingerprint density at radius 1 is 0.926 bits per heavy atom. The zero-order valence-corrected chi connectivity index (χ0v) is 16.4. The minimum Gasteiger partial charge on any atom is -0.325 e. The molecule has 0 saturated heterocycles. The number of aromatic nitrogens is 2.